The highest BCUT2D eigenvalue weighted by molar-refractivity contribution is 4.56. The highest BCUT2D eigenvalue weighted by Gasteiger charge is 1.96. The molecule has 12 heavy (non-hydrogen) atoms. The van der Waals surface area contributed by atoms with Gasteiger partial charge in [-0.15, -0.1) is 0 Å². The van der Waals surface area contributed by atoms with Crippen molar-refractivity contribution in [1.82, 2.24) is 0 Å². The Morgan fingerprint density at radius 1 is 0.750 bits per heavy atom. The van der Waals surface area contributed by atoms with Crippen molar-refractivity contribution in [2.45, 2.75) is 64.5 Å². The van der Waals surface area contributed by atoms with Crippen molar-refractivity contribution in [1.29, 1.82) is 0 Å². The summed E-state index contributed by atoms with van der Waals surface area (Å²) in [4.78, 5) is 0. The lowest BCUT2D eigenvalue weighted by Crippen LogP contribution is -2.14. The van der Waals surface area contributed by atoms with Crippen molar-refractivity contribution in [3.05, 3.63) is 0 Å². The van der Waals surface area contributed by atoms with Gasteiger partial charge in [0.1, 0.15) is 0 Å². The van der Waals surface area contributed by atoms with Gasteiger partial charge in [-0.1, -0.05) is 25.7 Å². The molecule has 0 spiro atoms. The SMILES string of the molecule is CC(N)CCCCCCC(C)N. The van der Waals surface area contributed by atoms with Crippen LogP contribution in [0.4, 0.5) is 0 Å². The highest BCUT2D eigenvalue weighted by Crippen LogP contribution is 2.07. The molecule has 0 radical (unpaired) electrons. The van der Waals surface area contributed by atoms with Crippen molar-refractivity contribution in [2.24, 2.45) is 11.5 Å². The summed E-state index contributed by atoms with van der Waals surface area (Å²) in [6, 6.07) is 0.747. The fourth-order valence-electron chi connectivity index (χ4n) is 1.29. The molecule has 0 saturated carbocycles. The third-order valence-electron chi connectivity index (χ3n) is 2.07. The van der Waals surface area contributed by atoms with Gasteiger partial charge in [0.05, 0.1) is 0 Å². The van der Waals surface area contributed by atoms with E-state index < -0.39 is 0 Å². The van der Waals surface area contributed by atoms with Crippen LogP contribution in [0, 0.1) is 0 Å². The van der Waals surface area contributed by atoms with Crippen molar-refractivity contribution in [2.75, 3.05) is 0 Å². The zero-order valence-electron chi connectivity index (χ0n) is 8.55. The van der Waals surface area contributed by atoms with E-state index in [9.17, 15) is 0 Å². The molecule has 0 amide bonds. The third kappa shape index (κ3) is 9.92. The molecule has 0 saturated heterocycles. The maximum Gasteiger partial charge on any atom is 0.00104 e. The van der Waals surface area contributed by atoms with Gasteiger partial charge in [-0.25, -0.2) is 0 Å². The lowest BCUT2D eigenvalue weighted by atomic mass is 10.1. The van der Waals surface area contributed by atoms with E-state index in [1.54, 1.807) is 0 Å². The molecular weight excluding hydrogens is 148 g/mol. The van der Waals surface area contributed by atoms with Crippen LogP contribution >= 0.6 is 0 Å². The van der Waals surface area contributed by atoms with Crippen LogP contribution in [0.5, 0.6) is 0 Å². The molecule has 4 N–H and O–H groups in total. The summed E-state index contributed by atoms with van der Waals surface area (Å²) in [5.41, 5.74) is 11.3. The molecule has 2 heteroatoms. The van der Waals surface area contributed by atoms with Crippen LogP contribution in [0.15, 0.2) is 0 Å². The zero-order chi connectivity index (χ0) is 9.40. The van der Waals surface area contributed by atoms with Gasteiger partial charge in [0.15, 0.2) is 0 Å². The molecule has 2 unspecified atom stereocenters. The van der Waals surface area contributed by atoms with Gasteiger partial charge in [-0.05, 0) is 26.7 Å². The van der Waals surface area contributed by atoms with E-state index in [2.05, 4.69) is 13.8 Å². The lowest BCUT2D eigenvalue weighted by molar-refractivity contribution is 0.535. The van der Waals surface area contributed by atoms with Crippen LogP contribution in [0.25, 0.3) is 0 Å². The van der Waals surface area contributed by atoms with E-state index in [1.807, 2.05) is 0 Å². The van der Waals surface area contributed by atoms with Crippen molar-refractivity contribution in [3.63, 3.8) is 0 Å². The van der Waals surface area contributed by atoms with E-state index in [1.165, 1.54) is 25.7 Å². The van der Waals surface area contributed by atoms with Crippen LogP contribution in [-0.2, 0) is 0 Å². The van der Waals surface area contributed by atoms with Gasteiger partial charge in [-0.2, -0.15) is 0 Å². The second kappa shape index (κ2) is 7.56. The highest BCUT2D eigenvalue weighted by atomic mass is 14.6. The second-order valence-corrected chi connectivity index (χ2v) is 3.95. The number of nitrogens with two attached hydrogens (primary N) is 2. The van der Waals surface area contributed by atoms with Crippen molar-refractivity contribution >= 4 is 0 Å². The topological polar surface area (TPSA) is 52.0 Å². The quantitative estimate of drug-likeness (QED) is 0.577. The molecule has 0 aromatic carbocycles. The average Bonchev–Trinajstić information content (AvgIpc) is 1.95. The van der Waals surface area contributed by atoms with Crippen molar-refractivity contribution in [3.8, 4) is 0 Å². The van der Waals surface area contributed by atoms with E-state index in [-0.39, 0.29) is 0 Å². The number of rotatable bonds is 7. The van der Waals surface area contributed by atoms with Crippen LogP contribution < -0.4 is 11.5 Å². The van der Waals surface area contributed by atoms with Gasteiger partial charge in [0.2, 0.25) is 0 Å². The fourth-order valence-corrected chi connectivity index (χ4v) is 1.29. The monoisotopic (exact) mass is 172 g/mol. The minimum Gasteiger partial charge on any atom is -0.328 e. The van der Waals surface area contributed by atoms with E-state index in [0.29, 0.717) is 12.1 Å². The molecule has 0 aliphatic rings. The molecule has 0 fully saturated rings. The predicted molar refractivity (Wildman–Crippen MR) is 55.0 cm³/mol. The first kappa shape index (κ1) is 11.9. The van der Waals surface area contributed by atoms with Gasteiger partial charge in [0.25, 0.3) is 0 Å². The Hall–Kier alpha value is -0.0800. The van der Waals surface area contributed by atoms with Crippen LogP contribution in [-0.4, -0.2) is 12.1 Å². The van der Waals surface area contributed by atoms with Crippen molar-refractivity contribution < 1.29 is 0 Å². The Morgan fingerprint density at radius 2 is 1.08 bits per heavy atom. The number of hydrogen-bond acceptors (Lipinski definition) is 2. The Labute approximate surface area is 76.7 Å². The standard InChI is InChI=1S/C10H24N2/c1-9(11)7-5-3-4-6-8-10(2)12/h9-10H,3-8,11-12H2,1-2H3. The molecule has 0 aromatic heterocycles. The Bertz CT molecular complexity index is 77.8. The maximum absolute atomic E-state index is 5.64. The molecule has 2 nitrogen and oxygen atoms in total. The van der Waals surface area contributed by atoms with Gasteiger partial charge < -0.3 is 11.5 Å². The molecule has 2 atom stereocenters. The summed E-state index contributed by atoms with van der Waals surface area (Å²) in [6.45, 7) is 4.14. The molecular formula is C10H24N2. The molecule has 0 bridgehead atoms. The van der Waals surface area contributed by atoms with Gasteiger partial charge >= 0.3 is 0 Å². The summed E-state index contributed by atoms with van der Waals surface area (Å²) in [5.74, 6) is 0. The average molecular weight is 172 g/mol. The predicted octanol–water partition coefficient (Wildman–Crippen LogP) is 2.02. The summed E-state index contributed by atoms with van der Waals surface area (Å²) < 4.78 is 0. The normalized spacial score (nSPS) is 16.0. The molecule has 0 aromatic rings. The zero-order valence-corrected chi connectivity index (χ0v) is 8.55. The van der Waals surface area contributed by atoms with Crippen LogP contribution in [0.2, 0.25) is 0 Å². The molecule has 0 aliphatic carbocycles. The Morgan fingerprint density at radius 3 is 1.33 bits per heavy atom. The summed E-state index contributed by atoms with van der Waals surface area (Å²) in [6.07, 6.45) is 7.51. The summed E-state index contributed by atoms with van der Waals surface area (Å²) in [5, 5.41) is 0. The Balaban J connectivity index is 2.91. The number of hydrogen-bond donors (Lipinski definition) is 2. The van der Waals surface area contributed by atoms with Crippen LogP contribution in [0.3, 0.4) is 0 Å². The number of unbranched alkanes of at least 4 members (excludes halogenated alkanes) is 3. The third-order valence-corrected chi connectivity index (χ3v) is 2.07. The summed E-state index contributed by atoms with van der Waals surface area (Å²) >= 11 is 0. The second-order valence-electron chi connectivity index (χ2n) is 3.95. The molecule has 0 rings (SSSR count). The fraction of sp³-hybridized carbons (Fsp3) is 1.00. The molecule has 0 heterocycles. The largest absolute Gasteiger partial charge is 0.328 e. The minimum atomic E-state index is 0.374. The molecule has 74 valence electrons. The Kier molecular flexibility index (Phi) is 7.51. The van der Waals surface area contributed by atoms with Crippen LogP contribution in [0.1, 0.15) is 52.4 Å². The maximum atomic E-state index is 5.64. The van der Waals surface area contributed by atoms with E-state index >= 15 is 0 Å². The van der Waals surface area contributed by atoms with Gasteiger partial charge in [-0.3, -0.25) is 0 Å². The first-order valence-electron chi connectivity index (χ1n) is 5.14. The smallest absolute Gasteiger partial charge is 0.00104 e. The van der Waals surface area contributed by atoms with Gasteiger partial charge in [0, 0.05) is 12.1 Å². The first-order valence-corrected chi connectivity index (χ1v) is 5.14. The summed E-state index contributed by atoms with van der Waals surface area (Å²) in [7, 11) is 0. The molecule has 0 aliphatic heterocycles. The van der Waals surface area contributed by atoms with E-state index in [4.69, 9.17) is 11.5 Å². The van der Waals surface area contributed by atoms with E-state index in [0.717, 1.165) is 12.8 Å². The first-order chi connectivity index (χ1) is 5.63. The lowest BCUT2D eigenvalue weighted by Gasteiger charge is -2.05. The minimum absolute atomic E-state index is 0.374.